The minimum absolute atomic E-state index is 0.0291. The third kappa shape index (κ3) is 8.31. The van der Waals surface area contributed by atoms with E-state index in [4.69, 9.17) is 9.47 Å². The first kappa shape index (κ1) is 32.9. The Bertz CT molecular complexity index is 1460. The molecule has 0 aliphatic heterocycles. The molecule has 0 radical (unpaired) electrons. The highest BCUT2D eigenvalue weighted by Gasteiger charge is 2.34. The molecule has 236 valence electrons. The van der Waals surface area contributed by atoms with Gasteiger partial charge in [0.05, 0.1) is 24.3 Å². The molecule has 9 nitrogen and oxygen atoms in total. The van der Waals surface area contributed by atoms with E-state index in [9.17, 15) is 18.0 Å². The van der Waals surface area contributed by atoms with Gasteiger partial charge in [0.1, 0.15) is 24.1 Å². The van der Waals surface area contributed by atoms with Crippen molar-refractivity contribution in [2.24, 2.45) is 0 Å². The van der Waals surface area contributed by atoms with E-state index < -0.39 is 28.5 Å². The minimum Gasteiger partial charge on any atom is -0.497 e. The highest BCUT2D eigenvalue weighted by atomic mass is 32.2. The number of anilines is 1. The fraction of sp³-hybridized carbons (Fsp3) is 0.412. The molecule has 44 heavy (non-hydrogen) atoms. The lowest BCUT2D eigenvalue weighted by Crippen LogP contribution is -2.54. The number of amides is 2. The van der Waals surface area contributed by atoms with E-state index in [0.29, 0.717) is 30.2 Å². The van der Waals surface area contributed by atoms with Gasteiger partial charge in [0, 0.05) is 12.6 Å². The molecule has 1 fully saturated rings. The van der Waals surface area contributed by atoms with Gasteiger partial charge in [0.2, 0.25) is 11.8 Å². The smallest absolute Gasteiger partial charge is 0.264 e. The average molecular weight is 622 g/mol. The predicted octanol–water partition coefficient (Wildman–Crippen LogP) is 5.55. The van der Waals surface area contributed by atoms with Crippen molar-refractivity contribution in [1.82, 2.24) is 10.2 Å². The van der Waals surface area contributed by atoms with Crippen molar-refractivity contribution in [2.45, 2.75) is 75.9 Å². The van der Waals surface area contributed by atoms with Crippen LogP contribution in [-0.4, -0.2) is 57.5 Å². The summed E-state index contributed by atoms with van der Waals surface area (Å²) in [5.41, 5.74) is 1.14. The molecule has 3 aromatic rings. The van der Waals surface area contributed by atoms with Gasteiger partial charge >= 0.3 is 0 Å². The number of carbonyl (C=O) groups excluding carboxylic acids is 2. The summed E-state index contributed by atoms with van der Waals surface area (Å²) < 4.78 is 40.0. The summed E-state index contributed by atoms with van der Waals surface area (Å²) in [5, 5.41) is 3.17. The molecule has 1 saturated carbocycles. The fourth-order valence-electron chi connectivity index (χ4n) is 5.52. The number of nitrogens with zero attached hydrogens (tertiary/aromatic N) is 2. The van der Waals surface area contributed by atoms with E-state index in [1.807, 2.05) is 26.0 Å². The molecule has 0 saturated heterocycles. The average Bonchev–Trinajstić information content (AvgIpc) is 3.05. The van der Waals surface area contributed by atoms with Gasteiger partial charge in [-0.05, 0) is 80.3 Å². The Hall–Kier alpha value is -4.05. The summed E-state index contributed by atoms with van der Waals surface area (Å²) in [4.78, 5) is 29.5. The van der Waals surface area contributed by atoms with Gasteiger partial charge < -0.3 is 19.7 Å². The van der Waals surface area contributed by atoms with Gasteiger partial charge in [-0.25, -0.2) is 8.42 Å². The maximum Gasteiger partial charge on any atom is 0.264 e. The van der Waals surface area contributed by atoms with Crippen molar-refractivity contribution >= 4 is 27.5 Å². The SMILES string of the molecule is CCOc1ccc(S(=O)(=O)N(CC(=O)N(Cc2ccc(OC)cc2)[C@H](CC)C(=O)NC2CCCCC2)c2ccccc2)cc1. The maximum absolute atomic E-state index is 14.3. The molecule has 0 aromatic heterocycles. The zero-order chi connectivity index (χ0) is 31.5. The summed E-state index contributed by atoms with van der Waals surface area (Å²) in [6.45, 7) is 3.82. The van der Waals surface area contributed by atoms with Crippen LogP contribution < -0.4 is 19.1 Å². The summed E-state index contributed by atoms with van der Waals surface area (Å²) in [6.07, 6.45) is 5.48. The van der Waals surface area contributed by atoms with Crippen LogP contribution >= 0.6 is 0 Å². The Balaban J connectivity index is 1.67. The van der Waals surface area contributed by atoms with Crippen LogP contribution in [0.15, 0.2) is 83.8 Å². The number of sulfonamides is 1. The molecule has 0 spiro atoms. The second-order valence-electron chi connectivity index (χ2n) is 10.9. The molecule has 1 aliphatic rings. The quantitative estimate of drug-likeness (QED) is 0.253. The second kappa shape index (κ2) is 15.6. The zero-order valence-corrected chi connectivity index (χ0v) is 26.6. The van der Waals surface area contributed by atoms with E-state index in [1.165, 1.54) is 17.0 Å². The van der Waals surface area contributed by atoms with Crippen molar-refractivity contribution in [1.29, 1.82) is 0 Å². The number of carbonyl (C=O) groups is 2. The molecule has 10 heteroatoms. The number of rotatable bonds is 14. The standard InChI is InChI=1S/C34H43N3O6S/c1-4-32(34(39)35-27-12-8-6-9-13-27)36(24-26-16-18-29(42-3)19-17-26)33(38)25-37(28-14-10-7-11-15-28)44(40,41)31-22-20-30(21-23-31)43-5-2/h7,10-11,14-23,27,32H,4-6,8-9,12-13,24-25H2,1-3H3,(H,35,39)/t32-/m1/s1. The number of hydrogen-bond donors (Lipinski definition) is 1. The second-order valence-corrected chi connectivity index (χ2v) is 12.8. The van der Waals surface area contributed by atoms with Crippen LogP contribution in [0.4, 0.5) is 5.69 Å². The van der Waals surface area contributed by atoms with Crippen LogP contribution in [0.25, 0.3) is 0 Å². The molecule has 3 aromatic carbocycles. The Labute approximate surface area is 261 Å². The molecule has 0 heterocycles. The van der Waals surface area contributed by atoms with Gasteiger partial charge in [-0.2, -0.15) is 0 Å². The van der Waals surface area contributed by atoms with Crippen LogP contribution in [-0.2, 0) is 26.2 Å². The lowest BCUT2D eigenvalue weighted by Gasteiger charge is -2.34. The summed E-state index contributed by atoms with van der Waals surface area (Å²) in [5.74, 6) is 0.520. The van der Waals surface area contributed by atoms with E-state index in [0.717, 1.165) is 42.0 Å². The van der Waals surface area contributed by atoms with Crippen LogP contribution in [0.1, 0.15) is 57.9 Å². The largest absolute Gasteiger partial charge is 0.497 e. The Morgan fingerprint density at radius 1 is 0.886 bits per heavy atom. The monoisotopic (exact) mass is 621 g/mol. The van der Waals surface area contributed by atoms with Crippen molar-refractivity contribution < 1.29 is 27.5 Å². The van der Waals surface area contributed by atoms with Crippen LogP contribution in [0, 0.1) is 0 Å². The van der Waals surface area contributed by atoms with Gasteiger partial charge in [0.25, 0.3) is 10.0 Å². The number of ether oxygens (including phenoxy) is 2. The number of benzene rings is 3. The normalized spacial score (nSPS) is 14.3. The molecule has 1 aliphatic carbocycles. The molecule has 0 bridgehead atoms. The first-order chi connectivity index (χ1) is 21.3. The first-order valence-corrected chi connectivity index (χ1v) is 16.7. The summed E-state index contributed by atoms with van der Waals surface area (Å²) >= 11 is 0. The summed E-state index contributed by atoms with van der Waals surface area (Å²) in [6, 6.07) is 21.3. The van der Waals surface area contributed by atoms with Gasteiger partial charge in [0.15, 0.2) is 0 Å². The topological polar surface area (TPSA) is 105 Å². The van der Waals surface area contributed by atoms with Gasteiger partial charge in [-0.15, -0.1) is 0 Å². The lowest BCUT2D eigenvalue weighted by atomic mass is 9.95. The van der Waals surface area contributed by atoms with Crippen LogP contribution in [0.2, 0.25) is 0 Å². The highest BCUT2D eigenvalue weighted by Crippen LogP contribution is 2.26. The Morgan fingerprint density at radius 3 is 2.11 bits per heavy atom. The first-order valence-electron chi connectivity index (χ1n) is 15.3. The van der Waals surface area contributed by atoms with Crippen LogP contribution in [0.5, 0.6) is 11.5 Å². The van der Waals surface area contributed by atoms with E-state index in [-0.39, 0.29) is 23.4 Å². The van der Waals surface area contributed by atoms with Crippen molar-refractivity contribution in [3.8, 4) is 11.5 Å². The molecular formula is C34H43N3O6S. The van der Waals surface area contributed by atoms with E-state index in [1.54, 1.807) is 61.7 Å². The number of methoxy groups -OCH3 is 1. The number of nitrogens with one attached hydrogen (secondary N) is 1. The third-order valence-corrected chi connectivity index (χ3v) is 9.68. The van der Waals surface area contributed by atoms with Crippen molar-refractivity contribution in [3.63, 3.8) is 0 Å². The van der Waals surface area contributed by atoms with E-state index >= 15 is 0 Å². The Morgan fingerprint density at radius 2 is 1.52 bits per heavy atom. The molecule has 0 unspecified atom stereocenters. The van der Waals surface area contributed by atoms with Gasteiger partial charge in [-0.3, -0.25) is 13.9 Å². The number of para-hydroxylation sites is 1. The summed E-state index contributed by atoms with van der Waals surface area (Å²) in [7, 11) is -2.58. The molecule has 2 amide bonds. The molecule has 1 atom stereocenters. The highest BCUT2D eigenvalue weighted by molar-refractivity contribution is 7.92. The number of hydrogen-bond acceptors (Lipinski definition) is 6. The third-order valence-electron chi connectivity index (χ3n) is 7.90. The molecular weight excluding hydrogens is 578 g/mol. The molecule has 1 N–H and O–H groups in total. The van der Waals surface area contributed by atoms with Gasteiger partial charge in [-0.1, -0.05) is 56.5 Å². The van der Waals surface area contributed by atoms with Crippen LogP contribution in [0.3, 0.4) is 0 Å². The minimum atomic E-state index is -4.16. The van der Waals surface area contributed by atoms with Crippen molar-refractivity contribution in [3.05, 3.63) is 84.4 Å². The lowest BCUT2D eigenvalue weighted by molar-refractivity contribution is -0.140. The fourth-order valence-corrected chi connectivity index (χ4v) is 6.93. The predicted molar refractivity (Wildman–Crippen MR) is 171 cm³/mol. The maximum atomic E-state index is 14.3. The molecule has 4 rings (SSSR count). The van der Waals surface area contributed by atoms with E-state index in [2.05, 4.69) is 5.32 Å². The van der Waals surface area contributed by atoms with Crippen molar-refractivity contribution in [2.75, 3.05) is 24.6 Å². The zero-order valence-electron chi connectivity index (χ0n) is 25.8. The Kier molecular flexibility index (Phi) is 11.7.